The molecular formula is C11H19NO9. The summed E-state index contributed by atoms with van der Waals surface area (Å²) in [5.74, 6) is -5.80. The predicted octanol–water partition coefficient (Wildman–Crippen LogP) is -1.23. The van der Waals surface area contributed by atoms with Crippen LogP contribution in [0.15, 0.2) is 0 Å². The van der Waals surface area contributed by atoms with E-state index < -0.39 is 42.3 Å². The van der Waals surface area contributed by atoms with Crippen LogP contribution >= 0.6 is 0 Å². The van der Waals surface area contributed by atoms with Gasteiger partial charge in [0.05, 0.1) is 12.8 Å². The number of aliphatic hydroxyl groups is 1. The van der Waals surface area contributed by atoms with Gasteiger partial charge in [-0.1, -0.05) is 0 Å². The van der Waals surface area contributed by atoms with Crippen molar-refractivity contribution in [3.8, 4) is 0 Å². The quantitative estimate of drug-likeness (QED) is 0.383. The van der Waals surface area contributed by atoms with E-state index in [0.29, 0.717) is 0 Å². The molecular weight excluding hydrogens is 290 g/mol. The first-order chi connectivity index (χ1) is 9.33. The van der Waals surface area contributed by atoms with Crippen LogP contribution in [0.3, 0.4) is 0 Å². The Morgan fingerprint density at radius 2 is 1.29 bits per heavy atom. The SMILES string of the molecule is CC(C(=O)O)N(C)C.O=C(O)CC(O)(CC(=O)O)C(=O)O. The van der Waals surface area contributed by atoms with Crippen LogP contribution in [0.2, 0.25) is 0 Å². The third kappa shape index (κ3) is 9.35. The smallest absolute Gasteiger partial charge is 0.336 e. The molecule has 0 saturated carbocycles. The molecule has 5 N–H and O–H groups in total. The Balaban J connectivity index is 0. The summed E-state index contributed by atoms with van der Waals surface area (Å²) in [5.41, 5.74) is -2.74. The number of hydrogen-bond acceptors (Lipinski definition) is 6. The van der Waals surface area contributed by atoms with Gasteiger partial charge in [0.1, 0.15) is 6.04 Å². The highest BCUT2D eigenvalue weighted by molar-refractivity contribution is 5.88. The highest BCUT2D eigenvalue weighted by Gasteiger charge is 2.40. The molecule has 0 aliphatic carbocycles. The van der Waals surface area contributed by atoms with E-state index in [4.69, 9.17) is 25.5 Å². The molecule has 21 heavy (non-hydrogen) atoms. The molecule has 10 heteroatoms. The molecule has 0 aromatic rings. The van der Waals surface area contributed by atoms with Gasteiger partial charge >= 0.3 is 23.9 Å². The molecule has 0 spiro atoms. The number of nitrogens with zero attached hydrogens (tertiary/aromatic N) is 1. The van der Waals surface area contributed by atoms with Gasteiger partial charge in [0.2, 0.25) is 0 Å². The van der Waals surface area contributed by atoms with E-state index in [-0.39, 0.29) is 6.04 Å². The standard InChI is InChI=1S/C6H8O7.C5H11NO2/c7-3(8)1-6(13,5(11)12)2-4(9)10;1-4(5(7)8)6(2)3/h13H,1-2H2,(H,7,8)(H,9,10)(H,11,12);4H,1-3H3,(H,7,8). The average Bonchev–Trinajstić information content (AvgIpc) is 2.25. The molecule has 0 saturated heterocycles. The van der Waals surface area contributed by atoms with Crippen molar-refractivity contribution in [1.29, 1.82) is 0 Å². The summed E-state index contributed by atoms with van der Waals surface area (Å²) < 4.78 is 0. The number of aliphatic carboxylic acids is 4. The van der Waals surface area contributed by atoms with Gasteiger partial charge in [-0.15, -0.1) is 0 Å². The first-order valence-corrected chi connectivity index (χ1v) is 5.62. The van der Waals surface area contributed by atoms with Gasteiger partial charge < -0.3 is 25.5 Å². The Morgan fingerprint density at radius 1 is 0.952 bits per heavy atom. The van der Waals surface area contributed by atoms with E-state index >= 15 is 0 Å². The van der Waals surface area contributed by atoms with Crippen LogP contribution in [0, 0.1) is 0 Å². The molecule has 0 rings (SSSR count). The third-order valence-electron chi connectivity index (χ3n) is 2.42. The normalized spacial score (nSPS) is 12.0. The van der Waals surface area contributed by atoms with Crippen molar-refractivity contribution in [2.75, 3.05) is 14.1 Å². The Bertz CT molecular complexity index is 388. The van der Waals surface area contributed by atoms with Gasteiger partial charge in [0.25, 0.3) is 0 Å². The van der Waals surface area contributed by atoms with E-state index in [0.717, 1.165) is 0 Å². The summed E-state index contributed by atoms with van der Waals surface area (Å²) in [4.78, 5) is 42.2. The van der Waals surface area contributed by atoms with Crippen molar-refractivity contribution >= 4 is 23.9 Å². The highest BCUT2D eigenvalue weighted by Crippen LogP contribution is 2.15. The molecule has 1 unspecified atom stereocenters. The summed E-state index contributed by atoms with van der Waals surface area (Å²) in [6.07, 6.45) is -2.29. The van der Waals surface area contributed by atoms with Crippen LogP contribution in [-0.4, -0.2) is 80.0 Å². The number of carboxylic acid groups (broad SMARTS) is 4. The molecule has 0 aliphatic rings. The Labute approximate surface area is 120 Å². The van der Waals surface area contributed by atoms with Crippen molar-refractivity contribution in [3.05, 3.63) is 0 Å². The van der Waals surface area contributed by atoms with Gasteiger partial charge in [-0.05, 0) is 21.0 Å². The fraction of sp³-hybridized carbons (Fsp3) is 0.636. The summed E-state index contributed by atoms with van der Waals surface area (Å²) in [6.45, 7) is 1.64. The van der Waals surface area contributed by atoms with Crippen LogP contribution in [0.1, 0.15) is 19.8 Å². The topological polar surface area (TPSA) is 173 Å². The third-order valence-corrected chi connectivity index (χ3v) is 2.42. The molecule has 0 heterocycles. The molecule has 0 bridgehead atoms. The fourth-order valence-electron chi connectivity index (χ4n) is 0.935. The van der Waals surface area contributed by atoms with Crippen molar-refractivity contribution < 1.29 is 44.7 Å². The molecule has 0 amide bonds. The summed E-state index contributed by atoms with van der Waals surface area (Å²) in [6, 6.07) is -0.380. The zero-order chi connectivity index (χ0) is 17.4. The zero-order valence-corrected chi connectivity index (χ0v) is 11.8. The largest absolute Gasteiger partial charge is 0.481 e. The molecule has 0 aromatic heterocycles. The van der Waals surface area contributed by atoms with Gasteiger partial charge in [-0.25, -0.2) is 4.79 Å². The van der Waals surface area contributed by atoms with Crippen molar-refractivity contribution in [1.82, 2.24) is 4.90 Å². The minimum Gasteiger partial charge on any atom is -0.481 e. The lowest BCUT2D eigenvalue weighted by atomic mass is 9.96. The second-order valence-corrected chi connectivity index (χ2v) is 4.46. The maximum atomic E-state index is 10.3. The lowest BCUT2D eigenvalue weighted by Crippen LogP contribution is -2.42. The number of carbonyl (C=O) groups is 4. The van der Waals surface area contributed by atoms with Crippen molar-refractivity contribution in [2.24, 2.45) is 0 Å². The summed E-state index contributed by atoms with van der Waals surface area (Å²) in [5, 5.41) is 42.1. The first kappa shape index (κ1) is 21.1. The van der Waals surface area contributed by atoms with E-state index in [1.807, 2.05) is 0 Å². The number of carboxylic acids is 4. The van der Waals surface area contributed by atoms with Gasteiger partial charge in [-0.2, -0.15) is 0 Å². The molecule has 1 atom stereocenters. The van der Waals surface area contributed by atoms with Gasteiger partial charge in [0.15, 0.2) is 5.60 Å². The Hall–Kier alpha value is -2.20. The highest BCUT2D eigenvalue weighted by atomic mass is 16.4. The van der Waals surface area contributed by atoms with E-state index in [1.54, 1.807) is 25.9 Å². The Morgan fingerprint density at radius 3 is 1.38 bits per heavy atom. The molecule has 10 nitrogen and oxygen atoms in total. The second-order valence-electron chi connectivity index (χ2n) is 4.46. The van der Waals surface area contributed by atoms with Crippen LogP contribution in [0.25, 0.3) is 0 Å². The van der Waals surface area contributed by atoms with Crippen LogP contribution in [0.5, 0.6) is 0 Å². The van der Waals surface area contributed by atoms with Crippen LogP contribution in [-0.2, 0) is 19.2 Å². The van der Waals surface area contributed by atoms with E-state index in [1.165, 1.54) is 0 Å². The van der Waals surface area contributed by atoms with Gasteiger partial charge in [0, 0.05) is 0 Å². The van der Waals surface area contributed by atoms with E-state index in [9.17, 15) is 19.2 Å². The maximum absolute atomic E-state index is 10.3. The summed E-state index contributed by atoms with van der Waals surface area (Å²) >= 11 is 0. The molecule has 0 aliphatic heterocycles. The van der Waals surface area contributed by atoms with E-state index in [2.05, 4.69) is 0 Å². The predicted molar refractivity (Wildman–Crippen MR) is 67.9 cm³/mol. The zero-order valence-electron chi connectivity index (χ0n) is 11.8. The lowest BCUT2D eigenvalue weighted by molar-refractivity contribution is -0.170. The second kappa shape index (κ2) is 8.87. The van der Waals surface area contributed by atoms with Gasteiger partial charge in [-0.3, -0.25) is 19.3 Å². The van der Waals surface area contributed by atoms with Crippen molar-refractivity contribution in [2.45, 2.75) is 31.4 Å². The minimum absolute atomic E-state index is 0.380. The van der Waals surface area contributed by atoms with Crippen molar-refractivity contribution in [3.63, 3.8) is 0 Å². The molecule has 0 aromatic carbocycles. The average molecular weight is 309 g/mol. The Kier molecular flexibility index (Phi) is 8.91. The fourth-order valence-corrected chi connectivity index (χ4v) is 0.935. The maximum Gasteiger partial charge on any atom is 0.336 e. The monoisotopic (exact) mass is 309 g/mol. The molecule has 0 fully saturated rings. The first-order valence-electron chi connectivity index (χ1n) is 5.62. The van der Waals surface area contributed by atoms with Crippen LogP contribution < -0.4 is 0 Å². The summed E-state index contributed by atoms with van der Waals surface area (Å²) in [7, 11) is 3.47. The number of rotatable bonds is 7. The number of hydrogen-bond donors (Lipinski definition) is 5. The van der Waals surface area contributed by atoms with Crippen LogP contribution in [0.4, 0.5) is 0 Å². The number of likely N-dealkylation sites (N-methyl/N-ethyl adjacent to an activating group) is 1. The molecule has 122 valence electrons. The molecule has 0 radical (unpaired) electrons. The minimum atomic E-state index is -2.74. The lowest BCUT2D eigenvalue weighted by Gasteiger charge is -2.18.